The minimum atomic E-state index is -0.916. The van der Waals surface area contributed by atoms with E-state index >= 15 is 0 Å². The third-order valence-electron chi connectivity index (χ3n) is 4.21. The Labute approximate surface area is 147 Å². The number of aliphatic carboxylic acids is 1. The van der Waals surface area contributed by atoms with E-state index in [1.54, 1.807) is 26.2 Å². The summed E-state index contributed by atoms with van der Waals surface area (Å²) in [5.41, 5.74) is 1.79. The number of carbonyl (C=O) groups excluding carboxylic acids is 1. The molecule has 0 fully saturated rings. The molecule has 0 bridgehead atoms. The van der Waals surface area contributed by atoms with Crippen molar-refractivity contribution in [3.05, 3.63) is 65.7 Å². The summed E-state index contributed by atoms with van der Waals surface area (Å²) >= 11 is 0. The van der Waals surface area contributed by atoms with Gasteiger partial charge < -0.3 is 15.2 Å². The largest absolute Gasteiger partial charge is 0.497 e. The summed E-state index contributed by atoms with van der Waals surface area (Å²) in [6, 6.07) is 16.7. The SMILES string of the molecule is COc1ccc(C(C)C(=O)NCC(Cc2ccccc2)C(=O)O)cc1. The lowest BCUT2D eigenvalue weighted by Crippen LogP contribution is -2.36. The van der Waals surface area contributed by atoms with Gasteiger partial charge in [-0.3, -0.25) is 9.59 Å². The number of hydrogen-bond acceptors (Lipinski definition) is 3. The summed E-state index contributed by atoms with van der Waals surface area (Å²) in [5.74, 6) is -1.40. The summed E-state index contributed by atoms with van der Waals surface area (Å²) in [7, 11) is 1.59. The number of carboxylic acid groups (broad SMARTS) is 1. The molecule has 2 atom stereocenters. The van der Waals surface area contributed by atoms with Crippen LogP contribution >= 0.6 is 0 Å². The number of benzene rings is 2. The molecule has 2 unspecified atom stereocenters. The molecule has 0 aliphatic rings. The molecule has 0 saturated carbocycles. The molecule has 25 heavy (non-hydrogen) atoms. The van der Waals surface area contributed by atoms with Crippen LogP contribution < -0.4 is 10.1 Å². The Morgan fingerprint density at radius 3 is 2.28 bits per heavy atom. The summed E-state index contributed by atoms with van der Waals surface area (Å²) in [6.07, 6.45) is 0.382. The van der Waals surface area contributed by atoms with E-state index in [1.165, 1.54) is 0 Å². The highest BCUT2D eigenvalue weighted by Crippen LogP contribution is 2.19. The van der Waals surface area contributed by atoms with Gasteiger partial charge in [-0.25, -0.2) is 0 Å². The van der Waals surface area contributed by atoms with Crippen molar-refractivity contribution < 1.29 is 19.4 Å². The fourth-order valence-corrected chi connectivity index (χ4v) is 2.57. The van der Waals surface area contributed by atoms with Gasteiger partial charge in [-0.15, -0.1) is 0 Å². The first-order chi connectivity index (χ1) is 12.0. The Balaban J connectivity index is 1.94. The fraction of sp³-hybridized carbons (Fsp3) is 0.300. The molecule has 132 valence electrons. The summed E-state index contributed by atoms with van der Waals surface area (Å²) in [4.78, 5) is 23.8. The van der Waals surface area contributed by atoms with E-state index < -0.39 is 11.9 Å². The van der Waals surface area contributed by atoms with Gasteiger partial charge in [-0.05, 0) is 36.6 Å². The normalized spacial score (nSPS) is 12.9. The van der Waals surface area contributed by atoms with E-state index in [0.29, 0.717) is 6.42 Å². The highest BCUT2D eigenvalue weighted by Gasteiger charge is 2.21. The van der Waals surface area contributed by atoms with Gasteiger partial charge in [-0.1, -0.05) is 42.5 Å². The summed E-state index contributed by atoms with van der Waals surface area (Å²) in [6.45, 7) is 1.90. The molecule has 5 heteroatoms. The molecule has 0 spiro atoms. The van der Waals surface area contributed by atoms with E-state index in [9.17, 15) is 14.7 Å². The molecule has 0 heterocycles. The van der Waals surface area contributed by atoms with Crippen molar-refractivity contribution in [2.75, 3.05) is 13.7 Å². The van der Waals surface area contributed by atoms with E-state index in [2.05, 4.69) is 5.32 Å². The minimum absolute atomic E-state index is 0.101. The molecule has 0 aromatic heterocycles. The average Bonchev–Trinajstić information content (AvgIpc) is 2.65. The first-order valence-corrected chi connectivity index (χ1v) is 8.19. The molecular weight excluding hydrogens is 318 g/mol. The van der Waals surface area contributed by atoms with Gasteiger partial charge >= 0.3 is 5.97 Å². The fourth-order valence-electron chi connectivity index (χ4n) is 2.57. The van der Waals surface area contributed by atoms with Gasteiger partial charge in [0, 0.05) is 6.54 Å². The maximum absolute atomic E-state index is 12.3. The molecule has 2 N–H and O–H groups in total. The predicted octanol–water partition coefficient (Wildman–Crippen LogP) is 2.86. The van der Waals surface area contributed by atoms with Crippen LogP contribution in [0, 0.1) is 5.92 Å². The highest BCUT2D eigenvalue weighted by atomic mass is 16.5. The quantitative estimate of drug-likeness (QED) is 0.774. The van der Waals surface area contributed by atoms with Gasteiger partial charge in [0.2, 0.25) is 5.91 Å². The minimum Gasteiger partial charge on any atom is -0.497 e. The molecular formula is C20H23NO4. The van der Waals surface area contributed by atoms with Gasteiger partial charge in [0.15, 0.2) is 0 Å². The number of hydrogen-bond donors (Lipinski definition) is 2. The molecule has 0 aliphatic carbocycles. The number of nitrogens with one attached hydrogen (secondary N) is 1. The van der Waals surface area contributed by atoms with Crippen LogP contribution in [0.5, 0.6) is 5.75 Å². The monoisotopic (exact) mass is 341 g/mol. The topological polar surface area (TPSA) is 75.6 Å². The number of ether oxygens (including phenoxy) is 1. The van der Waals surface area contributed by atoms with Crippen LogP contribution in [0.1, 0.15) is 24.0 Å². The molecule has 0 radical (unpaired) electrons. The van der Waals surface area contributed by atoms with Crippen molar-refractivity contribution in [3.8, 4) is 5.75 Å². The van der Waals surface area contributed by atoms with Gasteiger partial charge in [-0.2, -0.15) is 0 Å². The zero-order valence-corrected chi connectivity index (χ0v) is 14.4. The van der Waals surface area contributed by atoms with Crippen LogP contribution in [0.25, 0.3) is 0 Å². The summed E-state index contributed by atoms with van der Waals surface area (Å²) in [5, 5.41) is 12.2. The van der Waals surface area contributed by atoms with Crippen LogP contribution in [0.15, 0.2) is 54.6 Å². The van der Waals surface area contributed by atoms with Gasteiger partial charge in [0.05, 0.1) is 18.9 Å². The number of carboxylic acids is 1. The molecule has 0 aliphatic heterocycles. The predicted molar refractivity (Wildman–Crippen MR) is 95.7 cm³/mol. The number of amides is 1. The number of rotatable bonds is 8. The number of methoxy groups -OCH3 is 1. The Morgan fingerprint density at radius 2 is 1.72 bits per heavy atom. The van der Waals surface area contributed by atoms with Crippen molar-refractivity contribution in [2.24, 2.45) is 5.92 Å². The number of carbonyl (C=O) groups is 2. The van der Waals surface area contributed by atoms with E-state index in [4.69, 9.17) is 4.74 Å². The molecule has 0 saturated heterocycles. The second kappa shape index (κ2) is 8.87. The van der Waals surface area contributed by atoms with Crippen molar-refractivity contribution in [1.29, 1.82) is 0 Å². The van der Waals surface area contributed by atoms with Crippen LogP contribution in [-0.2, 0) is 16.0 Å². The zero-order valence-electron chi connectivity index (χ0n) is 14.4. The molecule has 1 amide bonds. The standard InChI is InChI=1S/C20H23NO4/c1-14(16-8-10-18(25-2)11-9-16)19(22)21-13-17(20(23)24)12-15-6-4-3-5-7-15/h3-11,14,17H,12-13H2,1-2H3,(H,21,22)(H,23,24). The van der Waals surface area contributed by atoms with E-state index in [0.717, 1.165) is 16.9 Å². The van der Waals surface area contributed by atoms with Crippen molar-refractivity contribution in [2.45, 2.75) is 19.3 Å². The summed E-state index contributed by atoms with van der Waals surface area (Å²) < 4.78 is 5.11. The smallest absolute Gasteiger partial charge is 0.308 e. The second-order valence-corrected chi connectivity index (χ2v) is 5.96. The first-order valence-electron chi connectivity index (χ1n) is 8.19. The lowest BCUT2D eigenvalue weighted by atomic mass is 9.97. The Hall–Kier alpha value is -2.82. The van der Waals surface area contributed by atoms with Crippen molar-refractivity contribution in [1.82, 2.24) is 5.32 Å². The lowest BCUT2D eigenvalue weighted by Gasteiger charge is -2.17. The van der Waals surface area contributed by atoms with Crippen LogP contribution in [0.3, 0.4) is 0 Å². The maximum Gasteiger partial charge on any atom is 0.308 e. The Bertz CT molecular complexity index is 697. The van der Waals surface area contributed by atoms with Gasteiger partial charge in [0.1, 0.15) is 5.75 Å². The first kappa shape index (κ1) is 18.5. The third-order valence-corrected chi connectivity index (χ3v) is 4.21. The Kier molecular flexibility index (Phi) is 6.57. The zero-order chi connectivity index (χ0) is 18.2. The molecule has 2 aromatic rings. The van der Waals surface area contributed by atoms with Crippen LogP contribution in [0.4, 0.5) is 0 Å². The highest BCUT2D eigenvalue weighted by molar-refractivity contribution is 5.83. The van der Waals surface area contributed by atoms with Crippen molar-refractivity contribution >= 4 is 11.9 Å². The van der Waals surface area contributed by atoms with Gasteiger partial charge in [0.25, 0.3) is 0 Å². The van der Waals surface area contributed by atoms with Crippen molar-refractivity contribution in [3.63, 3.8) is 0 Å². The molecule has 2 rings (SSSR count). The average molecular weight is 341 g/mol. The maximum atomic E-state index is 12.3. The van der Waals surface area contributed by atoms with Crippen LogP contribution in [-0.4, -0.2) is 30.6 Å². The molecule has 5 nitrogen and oxygen atoms in total. The second-order valence-electron chi connectivity index (χ2n) is 5.96. The Morgan fingerprint density at radius 1 is 1.08 bits per heavy atom. The van der Waals surface area contributed by atoms with E-state index in [-0.39, 0.29) is 18.4 Å². The molecule has 2 aromatic carbocycles. The third kappa shape index (κ3) is 5.35. The lowest BCUT2D eigenvalue weighted by molar-refractivity contribution is -0.141. The van der Waals surface area contributed by atoms with E-state index in [1.807, 2.05) is 42.5 Å². The van der Waals surface area contributed by atoms with Crippen LogP contribution in [0.2, 0.25) is 0 Å².